The maximum absolute atomic E-state index is 8.62. The molecule has 0 aliphatic carbocycles. The van der Waals surface area contributed by atoms with E-state index in [-0.39, 0.29) is 0 Å². The van der Waals surface area contributed by atoms with Crippen LogP contribution in [0.1, 0.15) is 25.3 Å². The highest BCUT2D eigenvalue weighted by molar-refractivity contribution is 5.71. The minimum atomic E-state index is -0.403. The third-order valence-corrected chi connectivity index (χ3v) is 2.09. The van der Waals surface area contributed by atoms with Crippen molar-refractivity contribution in [2.75, 3.05) is 0 Å². The van der Waals surface area contributed by atoms with Gasteiger partial charge in [-0.1, -0.05) is 13.3 Å². The predicted octanol–water partition coefficient (Wildman–Crippen LogP) is 1.84. The SMILES string of the molecule is CCCC[n+]1cccc(C#N)c1.N#CC(=C=[N-])C#N. The van der Waals surface area contributed by atoms with Crippen LogP contribution < -0.4 is 4.57 Å². The quantitative estimate of drug-likeness (QED) is 0.465. The van der Waals surface area contributed by atoms with Gasteiger partial charge in [0.25, 0.3) is 0 Å². The smallest absolute Gasteiger partial charge is 0.186 e. The zero-order chi connectivity index (χ0) is 14.5. The lowest BCUT2D eigenvalue weighted by atomic mass is 10.3. The van der Waals surface area contributed by atoms with Crippen LogP contribution in [0.25, 0.3) is 5.41 Å². The lowest BCUT2D eigenvalue weighted by Crippen LogP contribution is -2.32. The summed E-state index contributed by atoms with van der Waals surface area (Å²) in [5.74, 6) is 1.40. The monoisotopic (exact) mass is 251 g/mol. The van der Waals surface area contributed by atoms with Crippen molar-refractivity contribution in [2.24, 2.45) is 0 Å². The standard InChI is InChI=1S/C10H13N2.C4N3/c1-2-3-6-12-7-4-5-10(8-11)9-12;5-1-4(2-6)3-7/h4-5,7,9H,2-3,6H2,1H3;/q+1;-1. The fourth-order valence-corrected chi connectivity index (χ4v) is 1.14. The average molecular weight is 251 g/mol. The summed E-state index contributed by atoms with van der Waals surface area (Å²) in [6.45, 7) is 3.17. The second kappa shape index (κ2) is 10.2. The molecule has 0 spiro atoms. The van der Waals surface area contributed by atoms with Gasteiger partial charge in [-0.15, -0.1) is 0 Å². The molecular weight excluding hydrogens is 238 g/mol. The van der Waals surface area contributed by atoms with Crippen molar-refractivity contribution in [3.05, 3.63) is 41.1 Å². The van der Waals surface area contributed by atoms with E-state index < -0.39 is 5.57 Å². The second-order valence-corrected chi connectivity index (χ2v) is 3.51. The Balaban J connectivity index is 0.000000399. The highest BCUT2D eigenvalue weighted by atomic mass is 14.9. The third kappa shape index (κ3) is 7.08. The molecule has 5 nitrogen and oxygen atoms in total. The van der Waals surface area contributed by atoms with Crippen LogP contribution in [-0.2, 0) is 6.54 Å². The molecule has 19 heavy (non-hydrogen) atoms. The summed E-state index contributed by atoms with van der Waals surface area (Å²) >= 11 is 0. The molecule has 0 bridgehead atoms. The van der Waals surface area contributed by atoms with Crippen LogP contribution in [0.15, 0.2) is 30.1 Å². The first-order valence-electron chi connectivity index (χ1n) is 5.68. The van der Waals surface area contributed by atoms with Gasteiger partial charge in [-0.2, -0.15) is 15.8 Å². The van der Waals surface area contributed by atoms with Crippen molar-refractivity contribution < 1.29 is 4.57 Å². The van der Waals surface area contributed by atoms with Crippen molar-refractivity contribution in [2.45, 2.75) is 26.3 Å². The zero-order valence-electron chi connectivity index (χ0n) is 10.7. The van der Waals surface area contributed by atoms with Crippen molar-refractivity contribution in [1.82, 2.24) is 0 Å². The van der Waals surface area contributed by atoms with Gasteiger partial charge in [0, 0.05) is 12.5 Å². The van der Waals surface area contributed by atoms with E-state index in [1.807, 2.05) is 24.5 Å². The number of allylic oxidation sites excluding steroid dienone is 1. The van der Waals surface area contributed by atoms with Gasteiger partial charge in [0.2, 0.25) is 0 Å². The molecule has 0 N–H and O–H groups in total. The van der Waals surface area contributed by atoms with Crippen LogP contribution in [-0.4, -0.2) is 5.87 Å². The Kier molecular flexibility index (Phi) is 8.66. The van der Waals surface area contributed by atoms with Crippen molar-refractivity contribution in [3.63, 3.8) is 0 Å². The normalized spacial score (nSPS) is 7.68. The maximum Gasteiger partial charge on any atom is 0.186 e. The van der Waals surface area contributed by atoms with E-state index in [4.69, 9.17) is 21.2 Å². The van der Waals surface area contributed by atoms with Crippen LogP contribution in [0.5, 0.6) is 0 Å². The molecule has 1 aromatic heterocycles. The summed E-state index contributed by atoms with van der Waals surface area (Å²) in [6, 6.07) is 8.65. The highest BCUT2D eigenvalue weighted by Crippen LogP contribution is 1.92. The van der Waals surface area contributed by atoms with Crippen LogP contribution >= 0.6 is 0 Å². The van der Waals surface area contributed by atoms with Crippen LogP contribution in [0.2, 0.25) is 0 Å². The highest BCUT2D eigenvalue weighted by Gasteiger charge is 1.99. The molecule has 0 aliphatic heterocycles. The van der Waals surface area contributed by atoms with Gasteiger partial charge in [0.05, 0.1) is 0 Å². The number of hydrogen-bond donors (Lipinski definition) is 0. The number of hydrogen-bond acceptors (Lipinski definition) is 3. The molecule has 0 saturated heterocycles. The maximum atomic E-state index is 8.62. The van der Waals surface area contributed by atoms with Gasteiger partial charge in [-0.3, -0.25) is 0 Å². The van der Waals surface area contributed by atoms with E-state index in [0.717, 1.165) is 12.1 Å². The summed E-state index contributed by atoms with van der Waals surface area (Å²) < 4.78 is 2.06. The zero-order valence-corrected chi connectivity index (χ0v) is 10.7. The Bertz CT molecular complexity index is 561. The summed E-state index contributed by atoms with van der Waals surface area (Å²) in [4.78, 5) is 0. The molecule has 0 atom stereocenters. The largest absolute Gasteiger partial charge is 0.762 e. The van der Waals surface area contributed by atoms with E-state index in [2.05, 4.69) is 17.6 Å². The average Bonchev–Trinajstić information content (AvgIpc) is 2.48. The first kappa shape index (κ1) is 16.1. The minimum Gasteiger partial charge on any atom is -0.762 e. The number of aromatic nitrogens is 1. The molecule has 1 heterocycles. The van der Waals surface area contributed by atoms with Gasteiger partial charge in [0.15, 0.2) is 12.4 Å². The fourth-order valence-electron chi connectivity index (χ4n) is 1.14. The molecule has 0 unspecified atom stereocenters. The predicted molar refractivity (Wildman–Crippen MR) is 69.4 cm³/mol. The number of nitrogens with zero attached hydrogens (tertiary/aromatic N) is 5. The Hall–Kier alpha value is -2.93. The van der Waals surface area contributed by atoms with Crippen molar-refractivity contribution >= 4 is 5.87 Å². The van der Waals surface area contributed by atoms with Gasteiger partial charge in [-0.05, 0) is 6.07 Å². The Morgan fingerprint density at radius 1 is 1.32 bits per heavy atom. The number of unbranched alkanes of at least 4 members (excludes halogenated alkanes) is 1. The Morgan fingerprint density at radius 2 is 2.00 bits per heavy atom. The molecule has 0 aromatic carbocycles. The molecule has 1 aromatic rings. The van der Waals surface area contributed by atoms with Gasteiger partial charge >= 0.3 is 0 Å². The molecule has 1 rings (SSSR count). The van der Waals surface area contributed by atoms with E-state index in [1.54, 1.807) is 0 Å². The Labute approximate surface area is 112 Å². The lowest BCUT2D eigenvalue weighted by Gasteiger charge is -1.93. The molecule has 94 valence electrons. The molecule has 0 saturated carbocycles. The van der Waals surface area contributed by atoms with Crippen molar-refractivity contribution in [3.8, 4) is 18.2 Å². The lowest BCUT2D eigenvalue weighted by molar-refractivity contribution is -0.697. The summed E-state index contributed by atoms with van der Waals surface area (Å²) in [5, 5.41) is 32.0. The fraction of sp³-hybridized carbons (Fsp3) is 0.286. The molecule has 0 amide bonds. The number of pyridine rings is 1. The summed E-state index contributed by atoms with van der Waals surface area (Å²) in [6.07, 6.45) is 6.23. The van der Waals surface area contributed by atoms with Gasteiger partial charge in [0.1, 0.15) is 35.9 Å². The van der Waals surface area contributed by atoms with Gasteiger partial charge in [-0.25, -0.2) is 10.4 Å². The molecule has 5 heteroatoms. The second-order valence-electron chi connectivity index (χ2n) is 3.51. The van der Waals surface area contributed by atoms with E-state index >= 15 is 0 Å². The molecule has 0 fully saturated rings. The Morgan fingerprint density at radius 3 is 2.42 bits per heavy atom. The van der Waals surface area contributed by atoms with Gasteiger partial charge < -0.3 is 5.41 Å². The number of aryl methyl sites for hydroxylation is 1. The van der Waals surface area contributed by atoms with E-state index in [9.17, 15) is 0 Å². The summed E-state index contributed by atoms with van der Waals surface area (Å²) in [5.41, 5.74) is 0.327. The van der Waals surface area contributed by atoms with Crippen molar-refractivity contribution in [1.29, 1.82) is 15.8 Å². The van der Waals surface area contributed by atoms with Crippen LogP contribution in [0, 0.1) is 34.0 Å². The molecular formula is C14H13N5. The third-order valence-electron chi connectivity index (χ3n) is 2.09. The molecule has 0 aliphatic rings. The van der Waals surface area contributed by atoms with E-state index in [0.29, 0.717) is 0 Å². The number of rotatable bonds is 3. The van der Waals surface area contributed by atoms with Crippen LogP contribution in [0.4, 0.5) is 0 Å². The minimum absolute atomic E-state index is 0.403. The summed E-state index contributed by atoms with van der Waals surface area (Å²) in [7, 11) is 0. The number of nitriles is 3. The van der Waals surface area contributed by atoms with E-state index in [1.165, 1.54) is 30.8 Å². The first-order valence-corrected chi connectivity index (χ1v) is 5.68. The topological polar surface area (TPSA) is 97.5 Å². The first-order chi connectivity index (χ1) is 9.21. The van der Waals surface area contributed by atoms with Crippen LogP contribution in [0.3, 0.4) is 0 Å². The molecule has 0 radical (unpaired) electrons.